The molecule has 114 valence electrons. The molecule has 2 aliphatic heterocycles. The molecule has 0 aromatic carbocycles. The molecule has 0 spiro atoms. The van der Waals surface area contributed by atoms with Crippen LogP contribution in [0, 0.1) is 0 Å². The van der Waals surface area contributed by atoms with Gasteiger partial charge in [-0.2, -0.15) is 0 Å². The zero-order valence-corrected chi connectivity index (χ0v) is 12.9. The zero-order chi connectivity index (χ0) is 14.7. The van der Waals surface area contributed by atoms with E-state index in [0.29, 0.717) is 0 Å². The molecule has 3 heterocycles. The third-order valence-electron chi connectivity index (χ3n) is 4.74. The fourth-order valence-electron chi connectivity index (χ4n) is 3.67. The smallest absolute Gasteiger partial charge is 0.219 e. The molecular formula is C17H25N3O. The van der Waals surface area contributed by atoms with Crippen LogP contribution in [0.2, 0.25) is 0 Å². The fourth-order valence-corrected chi connectivity index (χ4v) is 3.67. The molecule has 1 amide bonds. The van der Waals surface area contributed by atoms with Crippen molar-refractivity contribution in [3.05, 3.63) is 23.9 Å². The first-order chi connectivity index (χ1) is 10.3. The standard InChI is InChI=1S/C17H25N3O/c1-14(21)20-13-6-3-9-16(20)15-8-7-10-18-17(15)19-11-4-2-5-12-19/h7-8,10,16H,2-6,9,11-13H2,1H3/t16-/m1/s1. The van der Waals surface area contributed by atoms with Crippen molar-refractivity contribution in [2.45, 2.75) is 51.5 Å². The van der Waals surface area contributed by atoms with Crippen molar-refractivity contribution in [3.8, 4) is 0 Å². The Kier molecular flexibility index (Phi) is 4.42. The highest BCUT2D eigenvalue weighted by molar-refractivity contribution is 5.74. The van der Waals surface area contributed by atoms with Gasteiger partial charge in [0.2, 0.25) is 5.91 Å². The molecule has 0 unspecified atom stereocenters. The van der Waals surface area contributed by atoms with E-state index < -0.39 is 0 Å². The molecule has 0 aliphatic carbocycles. The minimum Gasteiger partial charge on any atom is -0.356 e. The molecule has 0 N–H and O–H groups in total. The highest BCUT2D eigenvalue weighted by atomic mass is 16.2. The lowest BCUT2D eigenvalue weighted by Gasteiger charge is -2.38. The maximum absolute atomic E-state index is 12.0. The Hall–Kier alpha value is -1.58. The topological polar surface area (TPSA) is 36.4 Å². The summed E-state index contributed by atoms with van der Waals surface area (Å²) in [5, 5.41) is 0. The maximum atomic E-state index is 12.0. The molecule has 0 radical (unpaired) electrons. The fraction of sp³-hybridized carbons (Fsp3) is 0.647. The van der Waals surface area contributed by atoms with Gasteiger partial charge in [0.25, 0.3) is 0 Å². The SMILES string of the molecule is CC(=O)N1CCCC[C@@H]1c1cccnc1N1CCCCC1. The van der Waals surface area contributed by atoms with Crippen LogP contribution in [0.3, 0.4) is 0 Å². The predicted molar refractivity (Wildman–Crippen MR) is 84.3 cm³/mol. The molecule has 0 bridgehead atoms. The number of piperidine rings is 2. The Bertz CT molecular complexity index is 497. The highest BCUT2D eigenvalue weighted by Crippen LogP contribution is 2.36. The summed E-state index contributed by atoms with van der Waals surface area (Å²) in [5.41, 5.74) is 1.24. The van der Waals surface area contributed by atoms with Gasteiger partial charge in [0.15, 0.2) is 0 Å². The second-order valence-electron chi connectivity index (χ2n) is 6.19. The van der Waals surface area contributed by atoms with Gasteiger partial charge in [-0.1, -0.05) is 6.07 Å². The van der Waals surface area contributed by atoms with Crippen molar-refractivity contribution in [3.63, 3.8) is 0 Å². The van der Waals surface area contributed by atoms with Crippen LogP contribution >= 0.6 is 0 Å². The highest BCUT2D eigenvalue weighted by Gasteiger charge is 2.29. The number of nitrogens with zero attached hydrogens (tertiary/aromatic N) is 3. The van der Waals surface area contributed by atoms with Crippen molar-refractivity contribution in [1.29, 1.82) is 0 Å². The molecule has 2 aliphatic rings. The maximum Gasteiger partial charge on any atom is 0.219 e. The molecule has 4 heteroatoms. The summed E-state index contributed by atoms with van der Waals surface area (Å²) < 4.78 is 0. The Balaban J connectivity index is 1.91. The molecule has 2 saturated heterocycles. The lowest BCUT2D eigenvalue weighted by Crippen LogP contribution is -2.38. The van der Waals surface area contributed by atoms with Gasteiger partial charge in [0, 0.05) is 38.3 Å². The number of aromatic nitrogens is 1. The number of carbonyl (C=O) groups excluding carboxylic acids is 1. The summed E-state index contributed by atoms with van der Waals surface area (Å²) in [4.78, 5) is 21.1. The van der Waals surface area contributed by atoms with E-state index >= 15 is 0 Å². The van der Waals surface area contributed by atoms with Gasteiger partial charge in [0.05, 0.1) is 6.04 Å². The average Bonchev–Trinajstić information content (AvgIpc) is 2.55. The Morgan fingerprint density at radius 3 is 2.67 bits per heavy atom. The van der Waals surface area contributed by atoms with Crippen molar-refractivity contribution in [2.75, 3.05) is 24.5 Å². The van der Waals surface area contributed by atoms with Crippen LogP contribution in [0.1, 0.15) is 57.1 Å². The van der Waals surface area contributed by atoms with E-state index in [0.717, 1.165) is 38.3 Å². The Morgan fingerprint density at radius 1 is 1.14 bits per heavy atom. The van der Waals surface area contributed by atoms with Gasteiger partial charge < -0.3 is 9.80 Å². The largest absolute Gasteiger partial charge is 0.356 e. The first kappa shape index (κ1) is 14.4. The molecular weight excluding hydrogens is 262 g/mol. The molecule has 2 fully saturated rings. The number of hydrogen-bond donors (Lipinski definition) is 0. The predicted octanol–water partition coefficient (Wildman–Crippen LogP) is 3.15. The number of anilines is 1. The van der Waals surface area contributed by atoms with Crippen LogP contribution < -0.4 is 4.90 Å². The van der Waals surface area contributed by atoms with E-state index in [2.05, 4.69) is 16.0 Å². The second kappa shape index (κ2) is 6.46. The molecule has 21 heavy (non-hydrogen) atoms. The van der Waals surface area contributed by atoms with Gasteiger partial charge in [-0.05, 0) is 44.6 Å². The monoisotopic (exact) mass is 287 g/mol. The summed E-state index contributed by atoms with van der Waals surface area (Å²) in [7, 11) is 0. The van der Waals surface area contributed by atoms with Gasteiger partial charge in [-0.3, -0.25) is 4.79 Å². The third-order valence-corrected chi connectivity index (χ3v) is 4.74. The normalized spacial score (nSPS) is 23.2. The van der Waals surface area contributed by atoms with Gasteiger partial charge >= 0.3 is 0 Å². The Morgan fingerprint density at radius 2 is 1.90 bits per heavy atom. The van der Waals surface area contributed by atoms with Crippen LogP contribution in [0.5, 0.6) is 0 Å². The van der Waals surface area contributed by atoms with Gasteiger partial charge in [-0.15, -0.1) is 0 Å². The first-order valence-corrected chi connectivity index (χ1v) is 8.24. The van der Waals surface area contributed by atoms with Crippen molar-refractivity contribution >= 4 is 11.7 Å². The third kappa shape index (κ3) is 3.04. The van der Waals surface area contributed by atoms with E-state index in [1.54, 1.807) is 6.92 Å². The summed E-state index contributed by atoms with van der Waals surface area (Å²) >= 11 is 0. The Labute approximate surface area is 127 Å². The average molecular weight is 287 g/mol. The van der Waals surface area contributed by atoms with Crippen LogP contribution in [0.25, 0.3) is 0 Å². The molecule has 1 aromatic heterocycles. The number of carbonyl (C=O) groups is 1. The molecule has 0 saturated carbocycles. The summed E-state index contributed by atoms with van der Waals surface area (Å²) in [6.07, 6.45) is 9.08. The second-order valence-corrected chi connectivity index (χ2v) is 6.19. The number of likely N-dealkylation sites (tertiary alicyclic amines) is 1. The van der Waals surface area contributed by atoms with E-state index in [9.17, 15) is 4.79 Å². The van der Waals surface area contributed by atoms with Crippen LogP contribution in [0.15, 0.2) is 18.3 Å². The van der Waals surface area contributed by atoms with Crippen LogP contribution in [0.4, 0.5) is 5.82 Å². The molecule has 4 nitrogen and oxygen atoms in total. The summed E-state index contributed by atoms with van der Waals surface area (Å²) in [6, 6.07) is 4.39. The first-order valence-electron chi connectivity index (χ1n) is 8.24. The van der Waals surface area contributed by atoms with E-state index in [1.165, 1.54) is 31.2 Å². The quantitative estimate of drug-likeness (QED) is 0.838. The van der Waals surface area contributed by atoms with E-state index in [4.69, 9.17) is 0 Å². The van der Waals surface area contributed by atoms with E-state index in [-0.39, 0.29) is 11.9 Å². The number of rotatable bonds is 2. The summed E-state index contributed by atoms with van der Waals surface area (Å²) in [6.45, 7) is 4.76. The minimum atomic E-state index is 0.188. The number of pyridine rings is 1. The lowest BCUT2D eigenvalue weighted by molar-refractivity contribution is -0.132. The molecule has 1 atom stereocenters. The zero-order valence-electron chi connectivity index (χ0n) is 12.9. The number of amides is 1. The van der Waals surface area contributed by atoms with Crippen LogP contribution in [-0.4, -0.2) is 35.4 Å². The molecule has 1 aromatic rings. The van der Waals surface area contributed by atoms with Gasteiger partial charge in [-0.25, -0.2) is 4.98 Å². The minimum absolute atomic E-state index is 0.188. The number of hydrogen-bond acceptors (Lipinski definition) is 3. The van der Waals surface area contributed by atoms with Gasteiger partial charge in [0.1, 0.15) is 5.82 Å². The molecule has 3 rings (SSSR count). The van der Waals surface area contributed by atoms with Crippen LogP contribution in [-0.2, 0) is 4.79 Å². The summed E-state index contributed by atoms with van der Waals surface area (Å²) in [5.74, 6) is 1.29. The lowest BCUT2D eigenvalue weighted by atomic mass is 9.95. The van der Waals surface area contributed by atoms with Crippen molar-refractivity contribution in [1.82, 2.24) is 9.88 Å². The van der Waals surface area contributed by atoms with E-state index in [1.807, 2.05) is 17.2 Å². The van der Waals surface area contributed by atoms with Crippen molar-refractivity contribution in [2.24, 2.45) is 0 Å². The van der Waals surface area contributed by atoms with Crippen molar-refractivity contribution < 1.29 is 4.79 Å².